The molecule has 18 heavy (non-hydrogen) atoms. The van der Waals surface area contributed by atoms with Gasteiger partial charge in [0.1, 0.15) is 11.9 Å². The van der Waals surface area contributed by atoms with Crippen LogP contribution in [0.4, 0.5) is 13.2 Å². The molecule has 1 rings (SSSR count). The third kappa shape index (κ3) is 3.37. The molecule has 2 N–H and O–H groups in total. The topological polar surface area (TPSA) is 49.7 Å². The van der Waals surface area contributed by atoms with Crippen LogP contribution < -0.4 is 4.74 Å². The van der Waals surface area contributed by atoms with Gasteiger partial charge in [0.2, 0.25) is 0 Å². The third-order valence-electron chi connectivity index (χ3n) is 2.39. The highest BCUT2D eigenvalue weighted by Crippen LogP contribution is 2.38. The summed E-state index contributed by atoms with van der Waals surface area (Å²) in [5.74, 6) is -0.327. The van der Waals surface area contributed by atoms with E-state index in [1.54, 1.807) is 0 Å². The van der Waals surface area contributed by atoms with Crippen molar-refractivity contribution in [2.45, 2.75) is 18.4 Å². The van der Waals surface area contributed by atoms with Crippen LogP contribution in [0, 0.1) is 0 Å². The van der Waals surface area contributed by atoms with Gasteiger partial charge in [0.25, 0.3) is 0 Å². The number of aliphatic hydroxyl groups excluding tert-OH is 2. The molecular weight excluding hydrogens is 317 g/mol. The van der Waals surface area contributed by atoms with Gasteiger partial charge in [0.15, 0.2) is 0 Å². The molecule has 0 amide bonds. The molecule has 102 valence electrons. The molecule has 0 aromatic heterocycles. The molecule has 0 saturated heterocycles. The molecule has 1 aromatic carbocycles. The molecular formula is C11H12BrF3O3. The molecule has 3 nitrogen and oxygen atoms in total. The predicted molar refractivity (Wildman–Crippen MR) is 62.8 cm³/mol. The Bertz CT molecular complexity index is 409. The van der Waals surface area contributed by atoms with Crippen LogP contribution in [-0.4, -0.2) is 28.8 Å². The number of hydrogen-bond donors (Lipinski definition) is 2. The summed E-state index contributed by atoms with van der Waals surface area (Å²) >= 11 is 2.94. The highest BCUT2D eigenvalue weighted by molar-refractivity contribution is 9.09. The van der Waals surface area contributed by atoms with Gasteiger partial charge in [-0.3, -0.25) is 0 Å². The third-order valence-corrected chi connectivity index (χ3v) is 3.06. The first-order valence-electron chi connectivity index (χ1n) is 4.98. The molecule has 0 aliphatic carbocycles. The fourth-order valence-corrected chi connectivity index (χ4v) is 1.79. The van der Waals surface area contributed by atoms with E-state index < -0.39 is 23.9 Å². The normalized spacial score (nSPS) is 15.3. The van der Waals surface area contributed by atoms with Crippen LogP contribution in [0.5, 0.6) is 5.75 Å². The maximum atomic E-state index is 12.7. The van der Waals surface area contributed by atoms with Crippen molar-refractivity contribution in [1.82, 2.24) is 0 Å². The lowest BCUT2D eigenvalue weighted by Gasteiger charge is -2.19. The van der Waals surface area contributed by atoms with E-state index in [9.17, 15) is 23.4 Å². The first-order valence-corrected chi connectivity index (χ1v) is 6.10. The minimum absolute atomic E-state index is 0.0184. The number of aliphatic hydroxyl groups is 2. The Morgan fingerprint density at radius 3 is 2.39 bits per heavy atom. The second-order valence-electron chi connectivity index (χ2n) is 3.62. The second-order valence-corrected chi connectivity index (χ2v) is 4.27. The fourth-order valence-electron chi connectivity index (χ4n) is 1.44. The molecule has 0 aliphatic rings. The van der Waals surface area contributed by atoms with Crippen molar-refractivity contribution >= 4 is 15.9 Å². The quantitative estimate of drug-likeness (QED) is 0.835. The maximum absolute atomic E-state index is 12.7. The standard InChI is InChI=1S/C11H12BrF3O3/c1-18-9-3-2-6(10(17)8(16)5-12)4-7(9)11(13,14)15/h2-4,8,10,16-17H,5H2,1H3. The lowest BCUT2D eigenvalue weighted by Crippen LogP contribution is -2.20. The van der Waals surface area contributed by atoms with Crippen molar-refractivity contribution in [3.8, 4) is 5.75 Å². The van der Waals surface area contributed by atoms with Crippen LogP contribution >= 0.6 is 15.9 Å². The highest BCUT2D eigenvalue weighted by Gasteiger charge is 2.35. The summed E-state index contributed by atoms with van der Waals surface area (Å²) in [6.07, 6.45) is -7.16. The Morgan fingerprint density at radius 2 is 1.94 bits per heavy atom. The SMILES string of the molecule is COc1ccc(C(O)C(O)CBr)cc1C(F)(F)F. The Hall–Kier alpha value is -0.790. The average Bonchev–Trinajstić information content (AvgIpc) is 2.35. The number of ether oxygens (including phenoxy) is 1. The van der Waals surface area contributed by atoms with E-state index in [4.69, 9.17) is 0 Å². The van der Waals surface area contributed by atoms with Gasteiger partial charge in [-0.15, -0.1) is 0 Å². The van der Waals surface area contributed by atoms with E-state index >= 15 is 0 Å². The summed E-state index contributed by atoms with van der Waals surface area (Å²) in [6.45, 7) is 0. The van der Waals surface area contributed by atoms with Gasteiger partial charge in [-0.05, 0) is 17.7 Å². The zero-order valence-electron chi connectivity index (χ0n) is 9.41. The molecule has 0 saturated carbocycles. The van der Waals surface area contributed by atoms with Crippen LogP contribution in [-0.2, 0) is 6.18 Å². The lowest BCUT2D eigenvalue weighted by atomic mass is 10.0. The number of alkyl halides is 4. The van der Waals surface area contributed by atoms with Gasteiger partial charge in [-0.2, -0.15) is 13.2 Å². The van der Waals surface area contributed by atoms with Crippen molar-refractivity contribution in [1.29, 1.82) is 0 Å². The molecule has 0 spiro atoms. The minimum atomic E-state index is -4.58. The number of hydrogen-bond acceptors (Lipinski definition) is 3. The van der Waals surface area contributed by atoms with Crippen molar-refractivity contribution in [3.05, 3.63) is 29.3 Å². The monoisotopic (exact) mass is 328 g/mol. The highest BCUT2D eigenvalue weighted by atomic mass is 79.9. The molecule has 7 heteroatoms. The van der Waals surface area contributed by atoms with Crippen molar-refractivity contribution < 1.29 is 28.1 Å². The average molecular weight is 329 g/mol. The maximum Gasteiger partial charge on any atom is 0.419 e. The van der Waals surface area contributed by atoms with Gasteiger partial charge in [0, 0.05) is 5.33 Å². The zero-order valence-corrected chi connectivity index (χ0v) is 11.0. The van der Waals surface area contributed by atoms with Crippen LogP contribution in [0.1, 0.15) is 17.2 Å². The van der Waals surface area contributed by atoms with Crippen LogP contribution in [0.2, 0.25) is 0 Å². The van der Waals surface area contributed by atoms with Gasteiger partial charge in [0.05, 0.1) is 18.8 Å². The van der Waals surface area contributed by atoms with Gasteiger partial charge in [-0.25, -0.2) is 0 Å². The van der Waals surface area contributed by atoms with E-state index in [1.165, 1.54) is 6.07 Å². The van der Waals surface area contributed by atoms with Gasteiger partial charge in [-0.1, -0.05) is 22.0 Å². The van der Waals surface area contributed by atoms with Gasteiger partial charge >= 0.3 is 6.18 Å². The van der Waals surface area contributed by atoms with Crippen LogP contribution in [0.15, 0.2) is 18.2 Å². The summed E-state index contributed by atoms with van der Waals surface area (Å²) in [6, 6.07) is 3.17. The number of methoxy groups -OCH3 is 1. The second kappa shape index (κ2) is 5.90. The van der Waals surface area contributed by atoms with Crippen LogP contribution in [0.3, 0.4) is 0 Å². The number of halogens is 4. The molecule has 2 atom stereocenters. The molecule has 2 unspecified atom stereocenters. The molecule has 0 aliphatic heterocycles. The fraction of sp³-hybridized carbons (Fsp3) is 0.455. The Balaban J connectivity index is 3.18. The van der Waals surface area contributed by atoms with E-state index in [2.05, 4.69) is 20.7 Å². The summed E-state index contributed by atoms with van der Waals surface area (Å²) < 4.78 is 42.8. The van der Waals surface area contributed by atoms with Crippen molar-refractivity contribution in [2.24, 2.45) is 0 Å². The molecule has 0 heterocycles. The summed E-state index contributed by atoms with van der Waals surface area (Å²) in [5.41, 5.74) is -1.00. The summed E-state index contributed by atoms with van der Waals surface area (Å²) in [5, 5.41) is 19.1. The Labute approximate surface area is 110 Å². The minimum Gasteiger partial charge on any atom is -0.496 e. The molecule has 1 aromatic rings. The molecule has 0 radical (unpaired) electrons. The first-order chi connectivity index (χ1) is 8.31. The van der Waals surface area contributed by atoms with E-state index in [0.29, 0.717) is 0 Å². The van der Waals surface area contributed by atoms with Gasteiger partial charge < -0.3 is 14.9 Å². The first kappa shape index (κ1) is 15.3. The largest absolute Gasteiger partial charge is 0.496 e. The van der Waals surface area contributed by atoms with E-state index in [-0.39, 0.29) is 16.6 Å². The Morgan fingerprint density at radius 1 is 1.33 bits per heavy atom. The van der Waals surface area contributed by atoms with E-state index in [0.717, 1.165) is 19.2 Å². The molecule has 0 fully saturated rings. The van der Waals surface area contributed by atoms with Crippen molar-refractivity contribution in [3.63, 3.8) is 0 Å². The van der Waals surface area contributed by atoms with Crippen molar-refractivity contribution in [2.75, 3.05) is 12.4 Å². The predicted octanol–water partition coefficient (Wildman–Crippen LogP) is 2.50. The van der Waals surface area contributed by atoms with Crippen LogP contribution in [0.25, 0.3) is 0 Å². The molecule has 0 bridgehead atoms. The zero-order chi connectivity index (χ0) is 13.9. The van der Waals surface area contributed by atoms with E-state index in [1.807, 2.05) is 0 Å². The summed E-state index contributed by atoms with van der Waals surface area (Å²) in [7, 11) is 1.13. The number of benzene rings is 1. The number of rotatable bonds is 4. The lowest BCUT2D eigenvalue weighted by molar-refractivity contribution is -0.138. The smallest absolute Gasteiger partial charge is 0.419 e. The summed E-state index contributed by atoms with van der Waals surface area (Å²) in [4.78, 5) is 0. The Kier molecular flexibility index (Phi) is 5.01.